The maximum atomic E-state index is 12.6. The lowest BCUT2D eigenvalue weighted by molar-refractivity contribution is -0.123. The average molecular weight is 683 g/mol. The van der Waals surface area contributed by atoms with Crippen LogP contribution in [0.4, 0.5) is 0 Å². The second kappa shape index (κ2) is 31.1. The van der Waals surface area contributed by atoms with Gasteiger partial charge in [-0.1, -0.05) is 174 Å². The van der Waals surface area contributed by atoms with Crippen molar-refractivity contribution in [3.05, 3.63) is 0 Å². The summed E-state index contributed by atoms with van der Waals surface area (Å²) in [6, 6.07) is -0.685. The summed E-state index contributed by atoms with van der Waals surface area (Å²) in [6.45, 7) is 4.32. The quantitative estimate of drug-likeness (QED) is 0.0473. The topological polar surface area (TPSA) is 95.9 Å². The molecule has 0 saturated carbocycles. The first kappa shape index (κ1) is 42.1. The summed E-state index contributed by atoms with van der Waals surface area (Å²) >= 11 is 2.63. The van der Waals surface area contributed by atoms with Crippen LogP contribution in [0.5, 0.6) is 0 Å². The van der Waals surface area contributed by atoms with Crippen LogP contribution >= 0.6 is 21.8 Å². The third-order valence-corrected chi connectivity index (χ3v) is 9.42. The lowest BCUT2D eigenvalue weighted by Crippen LogP contribution is -2.46. The second-order valence-corrected chi connectivity index (χ2v) is 16.4. The molecule has 0 heterocycles. The molecule has 0 saturated heterocycles. The van der Waals surface area contributed by atoms with Gasteiger partial charge in [0, 0.05) is 21.9 Å². The van der Waals surface area contributed by atoms with E-state index in [1.54, 1.807) is 0 Å². The van der Waals surface area contributed by atoms with E-state index in [-0.39, 0.29) is 12.5 Å². The summed E-state index contributed by atoms with van der Waals surface area (Å²) < 4.78 is 16.6. The molecule has 0 bridgehead atoms. The van der Waals surface area contributed by atoms with Gasteiger partial charge in [0.15, 0.2) is 0 Å². The Labute approximate surface area is 268 Å². The Morgan fingerprint density at radius 1 is 0.643 bits per heavy atom. The maximum absolute atomic E-state index is 12.6. The minimum atomic E-state index is -3.86. The first-order chi connectivity index (χ1) is 20.3. The molecule has 0 aliphatic carbocycles. The fraction of sp³-hybridized carbons (Fsp3) is 0.971. The molecular formula is C34H69BrNO5P. The molecule has 252 valence electrons. The van der Waals surface area contributed by atoms with Crippen molar-refractivity contribution in [1.82, 2.24) is 5.32 Å². The van der Waals surface area contributed by atoms with Crippen LogP contribution in [-0.2, 0) is 13.9 Å². The van der Waals surface area contributed by atoms with E-state index in [2.05, 4.69) is 34.7 Å². The predicted molar refractivity (Wildman–Crippen MR) is 183 cm³/mol. The molecule has 1 unspecified atom stereocenters. The van der Waals surface area contributed by atoms with Crippen molar-refractivity contribution < 1.29 is 23.9 Å². The van der Waals surface area contributed by atoms with Gasteiger partial charge in [0.05, 0.1) is 18.8 Å². The summed E-state index contributed by atoms with van der Waals surface area (Å²) in [5.41, 5.74) is 0. The molecule has 8 heteroatoms. The van der Waals surface area contributed by atoms with Gasteiger partial charge >= 0.3 is 6.30 Å². The van der Waals surface area contributed by atoms with E-state index >= 15 is 0 Å². The molecule has 0 spiro atoms. The zero-order chi connectivity index (χ0) is 31.2. The third-order valence-electron chi connectivity index (χ3n) is 8.34. The first-order valence-corrected chi connectivity index (χ1v) is 21.5. The van der Waals surface area contributed by atoms with Crippen LogP contribution in [0.2, 0.25) is 0 Å². The van der Waals surface area contributed by atoms with Crippen molar-refractivity contribution in [1.29, 1.82) is 0 Å². The van der Waals surface area contributed by atoms with Crippen molar-refractivity contribution in [2.45, 2.75) is 206 Å². The molecule has 0 fully saturated rings. The van der Waals surface area contributed by atoms with Crippen molar-refractivity contribution in [2.24, 2.45) is 0 Å². The molecule has 3 atom stereocenters. The number of carbonyl (C=O) groups is 1. The maximum Gasteiger partial charge on any atom is 0.393 e. The van der Waals surface area contributed by atoms with Gasteiger partial charge in [0.1, 0.15) is 0 Å². The van der Waals surface area contributed by atoms with Crippen LogP contribution in [0.15, 0.2) is 0 Å². The highest BCUT2D eigenvalue weighted by molar-refractivity contribution is 9.39. The number of hydrogen-bond donors (Lipinski definition) is 3. The molecule has 1 amide bonds. The third kappa shape index (κ3) is 31.5. The Morgan fingerprint density at radius 2 is 0.976 bits per heavy atom. The van der Waals surface area contributed by atoms with E-state index in [0.29, 0.717) is 12.8 Å². The highest BCUT2D eigenvalue weighted by Crippen LogP contribution is 2.50. The number of aliphatic hydroxyl groups is 1. The van der Waals surface area contributed by atoms with Crippen molar-refractivity contribution in [3.8, 4) is 0 Å². The summed E-state index contributed by atoms with van der Waals surface area (Å²) in [6.07, 6.45) is 29.0. The Morgan fingerprint density at radius 3 is 1.33 bits per heavy atom. The van der Waals surface area contributed by atoms with E-state index < -0.39 is 18.4 Å². The number of rotatable bonds is 33. The fourth-order valence-electron chi connectivity index (χ4n) is 5.58. The summed E-state index contributed by atoms with van der Waals surface area (Å²) in [7, 11) is 0. The number of hydrogen-bond acceptors (Lipinski definition) is 4. The van der Waals surface area contributed by atoms with E-state index in [1.807, 2.05) is 0 Å². The first-order valence-electron chi connectivity index (χ1n) is 17.9. The normalized spacial score (nSPS) is 14.5. The minimum absolute atomic E-state index is 0.126. The van der Waals surface area contributed by atoms with Crippen LogP contribution in [0.25, 0.3) is 0 Å². The number of halogens is 1. The van der Waals surface area contributed by atoms with Gasteiger partial charge in [0.25, 0.3) is 0 Å². The van der Waals surface area contributed by atoms with Gasteiger partial charge in [-0.15, -0.1) is 0 Å². The Balaban J connectivity index is 3.98. The van der Waals surface area contributed by atoms with Crippen LogP contribution < -0.4 is 5.32 Å². The molecule has 0 aromatic rings. The molecule has 0 aliphatic heterocycles. The lowest BCUT2D eigenvalue weighted by atomic mass is 10.0. The Kier molecular flexibility index (Phi) is 31.1. The Bertz CT molecular complexity index is 633. The summed E-state index contributed by atoms with van der Waals surface area (Å²) in [4.78, 5) is 22.0. The molecule has 6 nitrogen and oxygen atoms in total. The highest BCUT2D eigenvalue weighted by Gasteiger charge is 2.25. The van der Waals surface area contributed by atoms with Crippen molar-refractivity contribution in [3.63, 3.8) is 0 Å². The van der Waals surface area contributed by atoms with Gasteiger partial charge in [-0.25, -0.2) is 4.57 Å². The number of aliphatic hydroxyl groups excluding tert-OH is 1. The molecular weight excluding hydrogens is 613 g/mol. The molecule has 0 radical (unpaired) electrons. The van der Waals surface area contributed by atoms with Gasteiger partial charge in [-0.3, -0.25) is 9.32 Å². The van der Waals surface area contributed by atoms with Gasteiger partial charge < -0.3 is 15.3 Å². The molecule has 0 aromatic heterocycles. The molecule has 0 aromatic carbocycles. The number of carbonyl (C=O) groups excluding carboxylic acids is 1. The van der Waals surface area contributed by atoms with Gasteiger partial charge in [-0.2, -0.15) is 0 Å². The van der Waals surface area contributed by atoms with Crippen molar-refractivity contribution >= 4 is 27.7 Å². The van der Waals surface area contributed by atoms with Gasteiger partial charge in [-0.05, 0) is 12.8 Å². The van der Waals surface area contributed by atoms with E-state index in [9.17, 15) is 19.4 Å². The van der Waals surface area contributed by atoms with Crippen molar-refractivity contribution in [2.75, 3.05) is 6.61 Å². The lowest BCUT2D eigenvalue weighted by Gasteiger charge is -2.24. The van der Waals surface area contributed by atoms with Crippen LogP contribution in [0.3, 0.4) is 0 Å². The molecule has 3 N–H and O–H groups in total. The SMILES string of the molecule is CCCCCCCCCCCCCCCC(=O)N[C@@H](COP(=O)(O)Br)[C@H](O)CCCCCCCCCCCCCCC. The second-order valence-electron chi connectivity index (χ2n) is 12.5. The standard InChI is InChI=1S/C34H69BrNO5P/c1-3-5-7-9-11-13-15-17-19-21-23-25-27-29-33(37)32(31-41-42(35,39)40)36-34(38)30-28-26-24-22-20-18-16-14-12-10-8-6-4-2/h32-33,37H,3-31H2,1-2H3,(H,36,38)(H,39,40)/t32-,33+/m0/s1. The Hall–Kier alpha value is 0.0600. The fourth-order valence-corrected chi connectivity index (χ4v) is 6.27. The zero-order valence-corrected chi connectivity index (χ0v) is 30.1. The number of nitrogens with one attached hydrogen (secondary N) is 1. The number of unbranched alkanes of at least 4 members (excludes halogenated alkanes) is 24. The van der Waals surface area contributed by atoms with Gasteiger partial charge in [0.2, 0.25) is 5.91 Å². The van der Waals surface area contributed by atoms with E-state index in [1.165, 1.54) is 128 Å². The van der Waals surface area contributed by atoms with Crippen LogP contribution in [0.1, 0.15) is 194 Å². The summed E-state index contributed by atoms with van der Waals surface area (Å²) in [5, 5.41) is 13.6. The largest absolute Gasteiger partial charge is 0.393 e. The monoisotopic (exact) mass is 681 g/mol. The number of amides is 1. The minimum Gasteiger partial charge on any atom is -0.391 e. The molecule has 0 rings (SSSR count). The van der Waals surface area contributed by atoms with Crippen LogP contribution in [-0.4, -0.2) is 34.7 Å². The predicted octanol–water partition coefficient (Wildman–Crippen LogP) is 11.3. The molecule has 0 aliphatic rings. The average Bonchev–Trinajstić information content (AvgIpc) is 2.95. The highest BCUT2D eigenvalue weighted by atomic mass is 79.9. The summed E-state index contributed by atoms with van der Waals surface area (Å²) in [5.74, 6) is -0.126. The zero-order valence-electron chi connectivity index (χ0n) is 27.6. The van der Waals surface area contributed by atoms with Crippen LogP contribution in [0, 0.1) is 0 Å². The smallest absolute Gasteiger partial charge is 0.391 e. The van der Waals surface area contributed by atoms with E-state index in [0.717, 1.165) is 38.5 Å². The van der Waals surface area contributed by atoms with E-state index in [4.69, 9.17) is 4.52 Å². The molecule has 42 heavy (non-hydrogen) atoms.